The van der Waals surface area contributed by atoms with Gasteiger partial charge >= 0.3 is 6.01 Å². The fraction of sp³-hybridized carbons (Fsp3) is 0.476. The van der Waals surface area contributed by atoms with Gasteiger partial charge in [0.05, 0.1) is 6.54 Å². The Hall–Kier alpha value is -2.34. The second kappa shape index (κ2) is 8.35. The van der Waals surface area contributed by atoms with Gasteiger partial charge in [0, 0.05) is 23.0 Å². The van der Waals surface area contributed by atoms with Crippen molar-refractivity contribution in [2.24, 2.45) is 0 Å². The second-order valence-electron chi connectivity index (χ2n) is 7.63. The third-order valence-corrected chi connectivity index (χ3v) is 4.85. The Labute approximate surface area is 170 Å². The fourth-order valence-electron chi connectivity index (χ4n) is 3.34. The van der Waals surface area contributed by atoms with Gasteiger partial charge in [-0.2, -0.15) is 0 Å². The summed E-state index contributed by atoms with van der Waals surface area (Å²) >= 11 is 5.91. The quantitative estimate of drug-likeness (QED) is 0.755. The van der Waals surface area contributed by atoms with E-state index in [9.17, 15) is 4.79 Å². The van der Waals surface area contributed by atoms with Crippen molar-refractivity contribution < 1.29 is 14.3 Å². The van der Waals surface area contributed by atoms with E-state index in [1.807, 2.05) is 19.9 Å². The molecule has 1 unspecified atom stereocenters. The molecule has 1 aromatic heterocycles. The zero-order valence-corrected chi connectivity index (χ0v) is 17.5. The van der Waals surface area contributed by atoms with Crippen LogP contribution in [0.5, 0.6) is 11.8 Å². The Morgan fingerprint density at radius 3 is 2.46 bits per heavy atom. The molecule has 0 bridgehead atoms. The first-order valence-corrected chi connectivity index (χ1v) is 9.83. The number of hydrogen-bond donors (Lipinski definition) is 0. The summed E-state index contributed by atoms with van der Waals surface area (Å²) in [4.78, 5) is 23.6. The molecular weight excluding hydrogens is 378 g/mol. The van der Waals surface area contributed by atoms with E-state index in [4.69, 9.17) is 21.1 Å². The maximum Gasteiger partial charge on any atom is 0.317 e. The van der Waals surface area contributed by atoms with Crippen LogP contribution in [0.1, 0.15) is 38.1 Å². The van der Waals surface area contributed by atoms with Crippen LogP contribution < -0.4 is 9.47 Å². The number of aromatic nitrogens is 2. The maximum atomic E-state index is 13.1. The summed E-state index contributed by atoms with van der Waals surface area (Å²) in [5, 5.41) is 0.626. The Morgan fingerprint density at radius 1 is 1.18 bits per heavy atom. The predicted octanol–water partition coefficient (Wildman–Crippen LogP) is 3.97. The van der Waals surface area contributed by atoms with Gasteiger partial charge in [-0.1, -0.05) is 11.6 Å². The number of carbonyl (C=O) groups excluding carboxylic acids is 1. The molecule has 0 saturated carbocycles. The van der Waals surface area contributed by atoms with Crippen LogP contribution in [0.4, 0.5) is 0 Å². The van der Waals surface area contributed by atoms with Crippen molar-refractivity contribution in [1.82, 2.24) is 14.9 Å². The first kappa shape index (κ1) is 20.4. The number of likely N-dealkylation sites (tertiary alicyclic amines) is 1. The highest BCUT2D eigenvalue weighted by atomic mass is 35.5. The van der Waals surface area contributed by atoms with Crippen LogP contribution in [0.15, 0.2) is 30.3 Å². The molecule has 3 rings (SSSR count). The minimum atomic E-state index is -0.994. The van der Waals surface area contributed by atoms with Gasteiger partial charge in [-0.3, -0.25) is 4.79 Å². The van der Waals surface area contributed by atoms with Crippen molar-refractivity contribution in [2.45, 2.75) is 52.2 Å². The van der Waals surface area contributed by atoms with Crippen LogP contribution in [0.25, 0.3) is 0 Å². The number of aryl methyl sites for hydroxylation is 2. The van der Waals surface area contributed by atoms with E-state index in [0.717, 1.165) is 24.2 Å². The van der Waals surface area contributed by atoms with Crippen LogP contribution in [0.2, 0.25) is 5.02 Å². The Morgan fingerprint density at radius 2 is 1.82 bits per heavy atom. The van der Waals surface area contributed by atoms with Gasteiger partial charge in [0.2, 0.25) is 0 Å². The molecule has 6 nitrogen and oxygen atoms in total. The molecule has 1 amide bonds. The lowest BCUT2D eigenvalue weighted by atomic mass is 10.0. The Kier molecular flexibility index (Phi) is 6.08. The normalized spacial score (nSPS) is 17.3. The van der Waals surface area contributed by atoms with Gasteiger partial charge in [0.1, 0.15) is 11.9 Å². The van der Waals surface area contributed by atoms with E-state index in [1.165, 1.54) is 0 Å². The van der Waals surface area contributed by atoms with Crippen LogP contribution in [-0.2, 0) is 4.79 Å². The van der Waals surface area contributed by atoms with Crippen molar-refractivity contribution in [1.29, 1.82) is 0 Å². The average Bonchev–Trinajstić information content (AvgIpc) is 2.62. The van der Waals surface area contributed by atoms with Crippen LogP contribution in [0, 0.1) is 13.8 Å². The number of carbonyl (C=O) groups is 1. The minimum absolute atomic E-state index is 0.0721. The molecule has 0 N–H and O–H groups in total. The fourth-order valence-corrected chi connectivity index (χ4v) is 3.46. The summed E-state index contributed by atoms with van der Waals surface area (Å²) in [6, 6.07) is 9.28. The molecule has 1 aliphatic heterocycles. The van der Waals surface area contributed by atoms with E-state index in [0.29, 0.717) is 29.9 Å². The number of ether oxygens (including phenoxy) is 2. The monoisotopic (exact) mass is 403 g/mol. The molecule has 1 saturated heterocycles. The van der Waals surface area contributed by atoms with E-state index in [1.54, 1.807) is 43.0 Å². The molecule has 1 aliphatic rings. The number of piperidine rings is 1. The van der Waals surface area contributed by atoms with E-state index in [2.05, 4.69) is 9.97 Å². The lowest BCUT2D eigenvalue weighted by molar-refractivity contribution is -0.148. The number of benzene rings is 1. The third kappa shape index (κ3) is 5.13. The summed E-state index contributed by atoms with van der Waals surface area (Å²) in [6.45, 7) is 8.55. The smallest absolute Gasteiger partial charge is 0.317 e. The molecule has 150 valence electrons. The van der Waals surface area contributed by atoms with Gasteiger partial charge in [-0.25, -0.2) is 9.97 Å². The zero-order valence-electron chi connectivity index (χ0n) is 16.7. The molecule has 1 aromatic carbocycles. The Bertz CT molecular complexity index is 819. The van der Waals surface area contributed by atoms with Gasteiger partial charge < -0.3 is 14.4 Å². The Balaban J connectivity index is 1.65. The van der Waals surface area contributed by atoms with Crippen molar-refractivity contribution in [3.8, 4) is 11.8 Å². The lowest BCUT2D eigenvalue weighted by Crippen LogP contribution is -2.53. The molecule has 1 fully saturated rings. The van der Waals surface area contributed by atoms with Crippen molar-refractivity contribution in [3.05, 3.63) is 46.7 Å². The molecular formula is C21H26ClN3O3. The first-order chi connectivity index (χ1) is 13.2. The highest BCUT2D eigenvalue weighted by Crippen LogP contribution is 2.24. The number of rotatable bonds is 5. The van der Waals surface area contributed by atoms with Crippen molar-refractivity contribution in [3.63, 3.8) is 0 Å². The SMILES string of the molecule is Cc1cc(C)nc(OC2CCCN(C(=O)C(C)(C)Oc3ccc(Cl)cc3)C2)n1. The molecule has 2 heterocycles. The molecule has 2 aromatic rings. The van der Waals surface area contributed by atoms with E-state index < -0.39 is 5.60 Å². The first-order valence-electron chi connectivity index (χ1n) is 9.46. The highest BCUT2D eigenvalue weighted by Gasteiger charge is 2.37. The van der Waals surface area contributed by atoms with Crippen molar-refractivity contribution >= 4 is 17.5 Å². The van der Waals surface area contributed by atoms with E-state index >= 15 is 0 Å². The highest BCUT2D eigenvalue weighted by molar-refractivity contribution is 6.30. The van der Waals surface area contributed by atoms with Crippen molar-refractivity contribution in [2.75, 3.05) is 13.1 Å². The summed E-state index contributed by atoms with van der Waals surface area (Å²) in [7, 11) is 0. The number of hydrogen-bond acceptors (Lipinski definition) is 5. The molecule has 7 heteroatoms. The summed E-state index contributed by atoms with van der Waals surface area (Å²) in [5.74, 6) is 0.535. The van der Waals surface area contributed by atoms with Gasteiger partial charge in [-0.05, 0) is 70.9 Å². The molecule has 0 aliphatic carbocycles. The molecule has 0 spiro atoms. The summed E-state index contributed by atoms with van der Waals surface area (Å²) < 4.78 is 11.9. The summed E-state index contributed by atoms with van der Waals surface area (Å²) in [6.07, 6.45) is 1.59. The van der Waals surface area contributed by atoms with Gasteiger partial charge in [-0.15, -0.1) is 0 Å². The maximum absolute atomic E-state index is 13.1. The molecule has 0 radical (unpaired) electrons. The zero-order chi connectivity index (χ0) is 20.3. The van der Waals surface area contributed by atoms with E-state index in [-0.39, 0.29) is 12.0 Å². The molecule has 1 atom stereocenters. The third-order valence-electron chi connectivity index (χ3n) is 4.60. The number of amides is 1. The topological polar surface area (TPSA) is 64.5 Å². The van der Waals surface area contributed by atoms with Crippen LogP contribution in [0.3, 0.4) is 0 Å². The van der Waals surface area contributed by atoms with Gasteiger partial charge in [0.15, 0.2) is 5.60 Å². The largest absolute Gasteiger partial charge is 0.478 e. The lowest BCUT2D eigenvalue weighted by Gasteiger charge is -2.37. The number of halogens is 1. The molecule has 28 heavy (non-hydrogen) atoms. The minimum Gasteiger partial charge on any atom is -0.478 e. The van der Waals surface area contributed by atoms with Crippen LogP contribution >= 0.6 is 11.6 Å². The standard InChI is InChI=1S/C21H26ClN3O3/c1-14-12-15(2)24-20(23-14)27-18-6-5-11-25(13-18)19(26)21(3,4)28-17-9-7-16(22)8-10-17/h7-10,12,18H,5-6,11,13H2,1-4H3. The van der Waals surface area contributed by atoms with Crippen LogP contribution in [-0.4, -0.2) is 45.6 Å². The average molecular weight is 404 g/mol. The number of nitrogens with zero attached hydrogens (tertiary/aromatic N) is 3. The predicted molar refractivity (Wildman–Crippen MR) is 108 cm³/mol. The second-order valence-corrected chi connectivity index (χ2v) is 8.07. The van der Waals surface area contributed by atoms with Gasteiger partial charge in [0.25, 0.3) is 5.91 Å². The summed E-state index contributed by atoms with van der Waals surface area (Å²) in [5.41, 5.74) is 0.735.